The van der Waals surface area contributed by atoms with Crippen LogP contribution in [-0.4, -0.2) is 24.5 Å². The largest absolute Gasteiger partial charge is 0.265 e. The molecule has 0 unspecified atom stereocenters. The zero-order valence-corrected chi connectivity index (χ0v) is 8.01. The molecule has 60 valence electrons. The Bertz CT molecular complexity index is 196. The van der Waals surface area contributed by atoms with Crippen LogP contribution in [0.3, 0.4) is 0 Å². The second-order valence-electron chi connectivity index (χ2n) is 2.91. The van der Waals surface area contributed by atoms with Gasteiger partial charge in [-0.1, -0.05) is 0 Å². The van der Waals surface area contributed by atoms with Crippen LogP contribution in [0.1, 0.15) is 5.56 Å². The van der Waals surface area contributed by atoms with Gasteiger partial charge < -0.3 is 0 Å². The third-order valence-corrected chi connectivity index (χ3v) is 2.72. The van der Waals surface area contributed by atoms with Crippen LogP contribution in [0.2, 0.25) is 0 Å². The normalized spacial score (nSPS) is 10.5. The van der Waals surface area contributed by atoms with Gasteiger partial charge in [0, 0.05) is 12.4 Å². The van der Waals surface area contributed by atoms with Crippen molar-refractivity contribution in [1.82, 2.24) is 4.98 Å². The van der Waals surface area contributed by atoms with E-state index < -0.39 is 0 Å². The first kappa shape index (κ1) is 8.67. The van der Waals surface area contributed by atoms with Gasteiger partial charge in [-0.05, 0) is 43.6 Å². The van der Waals surface area contributed by atoms with Crippen LogP contribution in [0.4, 0.5) is 0 Å². The third-order valence-electron chi connectivity index (χ3n) is 1.60. The molecule has 0 aliphatic heterocycles. The number of aromatic nitrogens is 1. The van der Waals surface area contributed by atoms with Crippen molar-refractivity contribution in [3.05, 3.63) is 30.1 Å². The van der Waals surface area contributed by atoms with Crippen molar-refractivity contribution in [2.45, 2.75) is 6.42 Å². The highest BCUT2D eigenvalue weighted by atomic mass is 31.1. The molecule has 0 amide bonds. The molecule has 0 saturated carbocycles. The van der Waals surface area contributed by atoms with Crippen LogP contribution in [0.25, 0.3) is 0 Å². The molecule has 0 atom stereocenters. The molecule has 11 heavy (non-hydrogen) atoms. The summed E-state index contributed by atoms with van der Waals surface area (Å²) in [6.07, 6.45) is 6.27. The van der Waals surface area contributed by atoms with E-state index in [2.05, 4.69) is 30.4 Å². The number of hydrogen-bond donors (Lipinski definition) is 0. The van der Waals surface area contributed by atoms with Gasteiger partial charge in [-0.3, -0.25) is 4.98 Å². The van der Waals surface area contributed by atoms with Crippen LogP contribution < -0.4 is 0 Å². The number of nitrogens with zero attached hydrogens (tertiary/aromatic N) is 1. The highest BCUT2D eigenvalue weighted by molar-refractivity contribution is 7.55. The third kappa shape index (κ3) is 3.48. The lowest BCUT2D eigenvalue weighted by atomic mass is 10.2. The van der Waals surface area contributed by atoms with Crippen LogP contribution >= 0.6 is 7.92 Å². The van der Waals surface area contributed by atoms with Crippen LogP contribution in [0, 0.1) is 0 Å². The van der Waals surface area contributed by atoms with Crippen molar-refractivity contribution >= 4 is 7.92 Å². The van der Waals surface area contributed by atoms with E-state index in [1.807, 2.05) is 12.4 Å². The van der Waals surface area contributed by atoms with Gasteiger partial charge in [-0.25, -0.2) is 0 Å². The Labute approximate surface area is 69.6 Å². The van der Waals surface area contributed by atoms with Crippen LogP contribution in [0.15, 0.2) is 24.5 Å². The zero-order chi connectivity index (χ0) is 8.10. The van der Waals surface area contributed by atoms with E-state index in [9.17, 15) is 0 Å². The number of aryl methyl sites for hydroxylation is 1. The lowest BCUT2D eigenvalue weighted by Gasteiger charge is -2.03. The summed E-state index contributed by atoms with van der Waals surface area (Å²) in [5, 5.41) is 0. The van der Waals surface area contributed by atoms with E-state index in [0.29, 0.717) is 0 Å². The minimum absolute atomic E-state index is 0.255. The molecular weight excluding hydrogens is 153 g/mol. The standard InChI is InChI=1S/C9H14NP/c1-11(2)8-5-9-3-6-10-7-4-9/h3-4,6-7H,5,8H2,1-2H3. The van der Waals surface area contributed by atoms with Gasteiger partial charge in [0.15, 0.2) is 0 Å². The summed E-state index contributed by atoms with van der Waals surface area (Å²) in [6, 6.07) is 4.19. The monoisotopic (exact) mass is 167 g/mol. The highest BCUT2D eigenvalue weighted by Gasteiger charge is 1.94. The summed E-state index contributed by atoms with van der Waals surface area (Å²) >= 11 is 0. The van der Waals surface area contributed by atoms with Gasteiger partial charge in [0.1, 0.15) is 0 Å². The van der Waals surface area contributed by atoms with Gasteiger partial charge >= 0.3 is 0 Å². The maximum Gasteiger partial charge on any atom is 0.0270 e. The Morgan fingerprint density at radius 3 is 2.45 bits per heavy atom. The van der Waals surface area contributed by atoms with E-state index >= 15 is 0 Å². The molecule has 1 nitrogen and oxygen atoms in total. The molecule has 1 aromatic rings. The molecule has 0 aliphatic rings. The van der Waals surface area contributed by atoms with Gasteiger partial charge in [-0.15, -0.1) is 7.92 Å². The first-order valence-corrected chi connectivity index (χ1v) is 6.25. The number of hydrogen-bond acceptors (Lipinski definition) is 1. The van der Waals surface area contributed by atoms with Crippen molar-refractivity contribution in [3.63, 3.8) is 0 Å². The minimum Gasteiger partial charge on any atom is -0.265 e. The molecule has 0 radical (unpaired) electrons. The van der Waals surface area contributed by atoms with E-state index in [-0.39, 0.29) is 7.92 Å². The van der Waals surface area contributed by atoms with Crippen LogP contribution in [-0.2, 0) is 6.42 Å². The second kappa shape index (κ2) is 4.46. The average Bonchev–Trinajstić information content (AvgIpc) is 2.03. The molecule has 0 aliphatic carbocycles. The quantitative estimate of drug-likeness (QED) is 0.630. The molecule has 0 N–H and O–H groups in total. The fraction of sp³-hybridized carbons (Fsp3) is 0.444. The Kier molecular flexibility index (Phi) is 3.51. The smallest absolute Gasteiger partial charge is 0.0270 e. The molecule has 0 bridgehead atoms. The Morgan fingerprint density at radius 1 is 1.27 bits per heavy atom. The molecule has 0 saturated heterocycles. The number of rotatable bonds is 3. The molecule has 1 aromatic heterocycles. The van der Waals surface area contributed by atoms with Crippen LogP contribution in [0.5, 0.6) is 0 Å². The fourth-order valence-electron chi connectivity index (χ4n) is 0.902. The first-order chi connectivity index (χ1) is 5.29. The van der Waals surface area contributed by atoms with Crippen molar-refractivity contribution in [3.8, 4) is 0 Å². The molecule has 0 spiro atoms. The van der Waals surface area contributed by atoms with E-state index in [1.54, 1.807) is 0 Å². The maximum atomic E-state index is 3.98. The van der Waals surface area contributed by atoms with E-state index in [0.717, 1.165) is 0 Å². The van der Waals surface area contributed by atoms with Crippen molar-refractivity contribution in [2.75, 3.05) is 19.5 Å². The molecule has 0 fully saturated rings. The average molecular weight is 167 g/mol. The Balaban J connectivity index is 2.39. The Morgan fingerprint density at radius 2 is 1.91 bits per heavy atom. The summed E-state index contributed by atoms with van der Waals surface area (Å²) in [5.41, 5.74) is 1.41. The molecule has 0 aromatic carbocycles. The minimum atomic E-state index is 0.255. The van der Waals surface area contributed by atoms with Crippen molar-refractivity contribution in [1.29, 1.82) is 0 Å². The summed E-state index contributed by atoms with van der Waals surface area (Å²) in [6.45, 7) is 4.63. The van der Waals surface area contributed by atoms with Gasteiger partial charge in [-0.2, -0.15) is 0 Å². The van der Waals surface area contributed by atoms with E-state index in [1.165, 1.54) is 18.1 Å². The second-order valence-corrected chi connectivity index (χ2v) is 5.52. The highest BCUT2D eigenvalue weighted by Crippen LogP contribution is 2.24. The molecule has 2 heteroatoms. The molecule has 1 rings (SSSR count). The predicted molar refractivity (Wildman–Crippen MR) is 51.6 cm³/mol. The Hall–Kier alpha value is -0.420. The molecular formula is C9H14NP. The lowest BCUT2D eigenvalue weighted by Crippen LogP contribution is -1.89. The fourth-order valence-corrected chi connectivity index (χ4v) is 1.61. The van der Waals surface area contributed by atoms with E-state index in [4.69, 9.17) is 0 Å². The SMILES string of the molecule is CP(C)CCc1ccncc1. The number of pyridine rings is 1. The van der Waals surface area contributed by atoms with Crippen molar-refractivity contribution in [2.24, 2.45) is 0 Å². The zero-order valence-electron chi connectivity index (χ0n) is 7.12. The van der Waals surface area contributed by atoms with Gasteiger partial charge in [0.2, 0.25) is 0 Å². The molecule has 1 heterocycles. The summed E-state index contributed by atoms with van der Waals surface area (Å²) < 4.78 is 0. The lowest BCUT2D eigenvalue weighted by molar-refractivity contribution is 1.12. The summed E-state index contributed by atoms with van der Waals surface area (Å²) in [7, 11) is 0.255. The predicted octanol–water partition coefficient (Wildman–Crippen LogP) is 2.37. The summed E-state index contributed by atoms with van der Waals surface area (Å²) in [4.78, 5) is 3.98. The van der Waals surface area contributed by atoms with Gasteiger partial charge in [0.05, 0.1) is 0 Å². The van der Waals surface area contributed by atoms with Crippen molar-refractivity contribution < 1.29 is 0 Å². The van der Waals surface area contributed by atoms with Gasteiger partial charge in [0.25, 0.3) is 0 Å². The topological polar surface area (TPSA) is 12.9 Å². The maximum absolute atomic E-state index is 3.98. The first-order valence-electron chi connectivity index (χ1n) is 3.82. The summed E-state index contributed by atoms with van der Waals surface area (Å²) in [5.74, 6) is 0.